The van der Waals surface area contributed by atoms with Crippen LogP contribution in [0.25, 0.3) is 0 Å². The van der Waals surface area contributed by atoms with E-state index < -0.39 is 0 Å². The minimum absolute atomic E-state index is 0.260. The summed E-state index contributed by atoms with van der Waals surface area (Å²) >= 11 is 0. The highest BCUT2D eigenvalue weighted by Crippen LogP contribution is 2.39. The van der Waals surface area contributed by atoms with E-state index >= 15 is 0 Å². The van der Waals surface area contributed by atoms with Crippen molar-refractivity contribution in [1.82, 2.24) is 5.32 Å². The number of carbonyl (C=O) groups is 1. The molecular formula is C26H49NOS2. The van der Waals surface area contributed by atoms with Crippen LogP contribution in [0.5, 0.6) is 0 Å². The molecule has 4 heteroatoms. The predicted octanol–water partition coefficient (Wildman–Crippen LogP) is 8.85. The number of hydrogen-bond acceptors (Lipinski definition) is 3. The minimum atomic E-state index is 0.260. The van der Waals surface area contributed by atoms with Gasteiger partial charge in [0.1, 0.15) is 0 Å². The Bertz CT molecular complexity index is 408. The summed E-state index contributed by atoms with van der Waals surface area (Å²) in [5.41, 5.74) is 0. The van der Waals surface area contributed by atoms with Crippen molar-refractivity contribution in [1.29, 1.82) is 0 Å². The van der Waals surface area contributed by atoms with Gasteiger partial charge in [0.25, 0.3) is 0 Å². The monoisotopic (exact) mass is 455 g/mol. The van der Waals surface area contributed by atoms with Crippen molar-refractivity contribution in [2.24, 2.45) is 0 Å². The highest BCUT2D eigenvalue weighted by atomic mass is 33.1. The summed E-state index contributed by atoms with van der Waals surface area (Å²) in [7, 11) is 4.06. The van der Waals surface area contributed by atoms with Gasteiger partial charge in [-0.3, -0.25) is 4.79 Å². The minimum Gasteiger partial charge on any atom is -0.356 e. The van der Waals surface area contributed by atoms with Gasteiger partial charge in [0.05, 0.1) is 0 Å². The van der Waals surface area contributed by atoms with Crippen LogP contribution < -0.4 is 5.32 Å². The zero-order valence-corrected chi connectivity index (χ0v) is 21.4. The summed E-state index contributed by atoms with van der Waals surface area (Å²) in [5.74, 6) is 1.57. The third-order valence-corrected chi connectivity index (χ3v) is 8.92. The van der Waals surface area contributed by atoms with Crippen molar-refractivity contribution in [2.75, 3.05) is 12.3 Å². The van der Waals surface area contributed by atoms with Crippen LogP contribution in [0.1, 0.15) is 129 Å². The Hall–Kier alpha value is -0.0900. The summed E-state index contributed by atoms with van der Waals surface area (Å²) in [6, 6.07) is 0. The van der Waals surface area contributed by atoms with Crippen molar-refractivity contribution < 1.29 is 4.79 Å². The van der Waals surface area contributed by atoms with E-state index in [-0.39, 0.29) is 5.91 Å². The van der Waals surface area contributed by atoms with E-state index in [1.165, 1.54) is 108 Å². The molecule has 0 spiro atoms. The second-order valence-electron chi connectivity index (χ2n) is 8.86. The summed E-state index contributed by atoms with van der Waals surface area (Å²) in [4.78, 5) is 11.9. The quantitative estimate of drug-likeness (QED) is 0.106. The molecule has 1 unspecified atom stereocenters. The molecule has 0 aromatic carbocycles. The fraction of sp³-hybridized carbons (Fsp3) is 0.885. The smallest absolute Gasteiger partial charge is 0.219 e. The topological polar surface area (TPSA) is 29.1 Å². The third kappa shape index (κ3) is 18.7. The van der Waals surface area contributed by atoms with Gasteiger partial charge in [-0.15, -0.1) is 0 Å². The van der Waals surface area contributed by atoms with Crippen molar-refractivity contribution >= 4 is 27.5 Å². The average molecular weight is 456 g/mol. The van der Waals surface area contributed by atoms with E-state index in [4.69, 9.17) is 0 Å². The van der Waals surface area contributed by atoms with Gasteiger partial charge in [0.2, 0.25) is 5.91 Å². The molecule has 1 aliphatic heterocycles. The van der Waals surface area contributed by atoms with Crippen LogP contribution >= 0.6 is 21.6 Å². The van der Waals surface area contributed by atoms with Gasteiger partial charge >= 0.3 is 0 Å². The molecule has 0 aromatic heterocycles. The molecule has 2 nitrogen and oxygen atoms in total. The maximum atomic E-state index is 11.9. The van der Waals surface area contributed by atoms with E-state index in [9.17, 15) is 4.79 Å². The first-order chi connectivity index (χ1) is 14.8. The highest BCUT2D eigenvalue weighted by molar-refractivity contribution is 8.77. The second-order valence-corrected chi connectivity index (χ2v) is 11.6. The van der Waals surface area contributed by atoms with Gasteiger partial charge in [-0.05, 0) is 51.4 Å². The van der Waals surface area contributed by atoms with Crippen molar-refractivity contribution in [3.8, 4) is 0 Å². The Labute approximate surface area is 196 Å². The lowest BCUT2D eigenvalue weighted by molar-refractivity contribution is -0.121. The first kappa shape index (κ1) is 27.9. The van der Waals surface area contributed by atoms with E-state index in [1.54, 1.807) is 0 Å². The van der Waals surface area contributed by atoms with E-state index in [1.807, 2.05) is 21.6 Å². The zero-order chi connectivity index (χ0) is 21.5. The fourth-order valence-electron chi connectivity index (χ4n) is 3.91. The molecule has 0 saturated carbocycles. The molecule has 1 fully saturated rings. The maximum absolute atomic E-state index is 11.9. The SMILES string of the molecule is CCCCCCCC/C=C\CCCCCCCCNC(=O)CCCCC1CCSS1. The maximum Gasteiger partial charge on any atom is 0.219 e. The number of allylic oxidation sites excluding steroid dienone is 2. The van der Waals surface area contributed by atoms with Crippen LogP contribution in [-0.4, -0.2) is 23.5 Å². The Kier molecular flexibility index (Phi) is 20.6. The lowest BCUT2D eigenvalue weighted by atomic mass is 10.1. The lowest BCUT2D eigenvalue weighted by Gasteiger charge is -2.07. The van der Waals surface area contributed by atoms with Crippen LogP contribution in [0.15, 0.2) is 12.2 Å². The van der Waals surface area contributed by atoms with Crippen LogP contribution in [-0.2, 0) is 4.79 Å². The van der Waals surface area contributed by atoms with Gasteiger partial charge in [-0.2, -0.15) is 0 Å². The molecular weight excluding hydrogens is 406 g/mol. The van der Waals surface area contributed by atoms with Crippen molar-refractivity contribution in [2.45, 2.75) is 134 Å². The van der Waals surface area contributed by atoms with Gasteiger partial charge in [-0.25, -0.2) is 0 Å². The summed E-state index contributed by atoms with van der Waals surface area (Å²) in [6.45, 7) is 3.15. The predicted molar refractivity (Wildman–Crippen MR) is 139 cm³/mol. The molecule has 1 aliphatic rings. The number of amides is 1. The molecule has 0 bridgehead atoms. The van der Waals surface area contributed by atoms with Crippen LogP contribution in [0.2, 0.25) is 0 Å². The van der Waals surface area contributed by atoms with Crippen LogP contribution in [0, 0.1) is 0 Å². The summed E-state index contributed by atoms with van der Waals surface area (Å²) in [6.07, 6.45) is 29.1. The van der Waals surface area contributed by atoms with Crippen molar-refractivity contribution in [3.05, 3.63) is 12.2 Å². The van der Waals surface area contributed by atoms with E-state index in [0.29, 0.717) is 0 Å². The second kappa shape index (κ2) is 22.1. The average Bonchev–Trinajstić information content (AvgIpc) is 3.27. The number of unbranched alkanes of at least 4 members (excludes halogenated alkanes) is 13. The molecule has 1 rings (SSSR count). The van der Waals surface area contributed by atoms with Gasteiger partial charge in [-0.1, -0.05) is 105 Å². The molecule has 1 saturated heterocycles. The Morgan fingerprint density at radius 2 is 1.47 bits per heavy atom. The molecule has 1 atom stereocenters. The first-order valence-electron chi connectivity index (χ1n) is 13.0. The lowest BCUT2D eigenvalue weighted by Crippen LogP contribution is -2.24. The van der Waals surface area contributed by atoms with Crippen LogP contribution in [0.3, 0.4) is 0 Å². The number of carbonyl (C=O) groups excluding carboxylic acids is 1. The Morgan fingerprint density at radius 1 is 0.833 bits per heavy atom. The Morgan fingerprint density at radius 3 is 2.10 bits per heavy atom. The largest absolute Gasteiger partial charge is 0.356 e. The fourth-order valence-corrected chi connectivity index (χ4v) is 6.94. The number of rotatable bonds is 21. The summed E-state index contributed by atoms with van der Waals surface area (Å²) < 4.78 is 0. The van der Waals surface area contributed by atoms with E-state index in [0.717, 1.165) is 31.1 Å². The standard InChI is InChI=1S/C26H49NOS2/c1-2-3-4-5-6-7-8-9-10-11-12-13-14-15-16-19-23-27-26(28)21-18-17-20-25-22-24-29-30-25/h9-10,25H,2-8,11-24H2,1H3,(H,27,28)/b10-9-. The summed E-state index contributed by atoms with van der Waals surface area (Å²) in [5, 5.41) is 3.95. The Balaban J connectivity index is 1.72. The van der Waals surface area contributed by atoms with E-state index in [2.05, 4.69) is 24.4 Å². The van der Waals surface area contributed by atoms with Gasteiger partial charge in [0, 0.05) is 24.0 Å². The molecule has 0 aliphatic carbocycles. The molecule has 176 valence electrons. The third-order valence-electron chi connectivity index (χ3n) is 5.92. The van der Waals surface area contributed by atoms with Gasteiger partial charge < -0.3 is 5.32 Å². The normalized spacial score (nSPS) is 16.5. The molecule has 0 aromatic rings. The molecule has 1 heterocycles. The van der Waals surface area contributed by atoms with Gasteiger partial charge in [0.15, 0.2) is 0 Å². The van der Waals surface area contributed by atoms with Crippen LogP contribution in [0.4, 0.5) is 0 Å². The van der Waals surface area contributed by atoms with Crippen molar-refractivity contribution in [3.63, 3.8) is 0 Å². The zero-order valence-electron chi connectivity index (χ0n) is 19.8. The molecule has 0 radical (unpaired) electrons. The first-order valence-corrected chi connectivity index (χ1v) is 15.4. The number of hydrogen-bond donors (Lipinski definition) is 1. The highest BCUT2D eigenvalue weighted by Gasteiger charge is 2.15. The molecule has 1 amide bonds. The number of nitrogens with one attached hydrogen (secondary N) is 1. The molecule has 30 heavy (non-hydrogen) atoms. The molecule has 1 N–H and O–H groups in total.